The van der Waals surface area contributed by atoms with E-state index in [4.69, 9.17) is 4.42 Å². The zero-order valence-electron chi connectivity index (χ0n) is 17.0. The van der Waals surface area contributed by atoms with Gasteiger partial charge < -0.3 is 15.1 Å². The van der Waals surface area contributed by atoms with Crippen molar-refractivity contribution in [2.45, 2.75) is 50.4 Å². The summed E-state index contributed by atoms with van der Waals surface area (Å²) in [4.78, 5) is 15.3. The molecule has 0 aliphatic carbocycles. The third kappa shape index (κ3) is 3.98. The van der Waals surface area contributed by atoms with E-state index in [1.807, 2.05) is 54.6 Å². The minimum atomic E-state index is -0.123. The molecule has 2 aliphatic rings. The van der Waals surface area contributed by atoms with Crippen LogP contribution in [0.4, 0.5) is 10.5 Å². The van der Waals surface area contributed by atoms with Crippen LogP contribution in [0.3, 0.4) is 0 Å². The predicted molar refractivity (Wildman–Crippen MR) is 118 cm³/mol. The van der Waals surface area contributed by atoms with Gasteiger partial charge in [-0.2, -0.15) is 0 Å². The van der Waals surface area contributed by atoms with Gasteiger partial charge in [0.25, 0.3) is 0 Å². The molecule has 2 saturated heterocycles. The highest BCUT2D eigenvalue weighted by atomic mass is 16.3. The number of amides is 2. The standard InChI is InChI=1S/C25H27N3O2/c29-25(27-24-11-5-4-10-23(24)18-7-2-1-3-8-18)26-19-15-20-12-13-21(16-19)28(20)17-22-9-6-14-30-22/h1-11,14,19-21H,12-13,15-17H2,(H2,26,27,29). The van der Waals surface area contributed by atoms with Gasteiger partial charge in [-0.05, 0) is 49.4 Å². The van der Waals surface area contributed by atoms with Gasteiger partial charge in [0.1, 0.15) is 5.76 Å². The summed E-state index contributed by atoms with van der Waals surface area (Å²) in [6.07, 6.45) is 6.11. The Morgan fingerprint density at radius 3 is 2.40 bits per heavy atom. The van der Waals surface area contributed by atoms with Crippen molar-refractivity contribution in [1.82, 2.24) is 10.2 Å². The number of furan rings is 1. The minimum Gasteiger partial charge on any atom is -0.468 e. The predicted octanol–water partition coefficient (Wildman–Crippen LogP) is 5.26. The number of benzene rings is 2. The Balaban J connectivity index is 1.22. The number of carbonyl (C=O) groups is 1. The van der Waals surface area contributed by atoms with Gasteiger partial charge in [-0.15, -0.1) is 0 Å². The normalized spacial score (nSPS) is 23.3. The molecule has 5 heteroatoms. The van der Waals surface area contributed by atoms with Gasteiger partial charge in [-0.25, -0.2) is 4.79 Å². The maximum Gasteiger partial charge on any atom is 0.319 e. The molecule has 1 aromatic heterocycles. The highest BCUT2D eigenvalue weighted by Crippen LogP contribution is 2.37. The molecule has 5 rings (SSSR count). The first kappa shape index (κ1) is 18.9. The van der Waals surface area contributed by atoms with E-state index < -0.39 is 0 Å². The van der Waals surface area contributed by atoms with Gasteiger partial charge in [0.2, 0.25) is 0 Å². The van der Waals surface area contributed by atoms with Crippen molar-refractivity contribution in [3.8, 4) is 11.1 Å². The highest BCUT2D eigenvalue weighted by Gasteiger charge is 2.41. The Labute approximate surface area is 177 Å². The Morgan fingerprint density at radius 2 is 1.67 bits per heavy atom. The monoisotopic (exact) mass is 401 g/mol. The lowest BCUT2D eigenvalue weighted by Crippen LogP contribution is -2.50. The maximum absolute atomic E-state index is 12.8. The molecule has 2 N–H and O–H groups in total. The van der Waals surface area contributed by atoms with Crippen molar-refractivity contribution < 1.29 is 9.21 Å². The van der Waals surface area contributed by atoms with Crippen LogP contribution in [0.25, 0.3) is 11.1 Å². The number of para-hydroxylation sites is 1. The molecule has 2 fully saturated rings. The molecule has 2 aliphatic heterocycles. The number of nitrogens with one attached hydrogen (secondary N) is 2. The highest BCUT2D eigenvalue weighted by molar-refractivity contribution is 5.94. The molecule has 0 spiro atoms. The minimum absolute atomic E-state index is 0.123. The second-order valence-corrected chi connectivity index (χ2v) is 8.32. The Hall–Kier alpha value is -3.05. The van der Waals surface area contributed by atoms with Crippen LogP contribution in [0, 0.1) is 0 Å². The number of fused-ring (bicyclic) bond motifs is 2. The number of anilines is 1. The summed E-state index contributed by atoms with van der Waals surface area (Å²) in [5.41, 5.74) is 2.96. The summed E-state index contributed by atoms with van der Waals surface area (Å²) < 4.78 is 5.54. The molecule has 0 saturated carbocycles. The number of piperidine rings is 1. The van der Waals surface area contributed by atoms with E-state index in [-0.39, 0.29) is 12.1 Å². The van der Waals surface area contributed by atoms with Crippen molar-refractivity contribution in [1.29, 1.82) is 0 Å². The smallest absolute Gasteiger partial charge is 0.319 e. The summed E-state index contributed by atoms with van der Waals surface area (Å²) in [6.45, 7) is 0.867. The van der Waals surface area contributed by atoms with Crippen LogP contribution in [0.5, 0.6) is 0 Å². The van der Waals surface area contributed by atoms with E-state index in [9.17, 15) is 4.79 Å². The van der Waals surface area contributed by atoms with Crippen molar-refractivity contribution in [3.63, 3.8) is 0 Å². The molecule has 2 unspecified atom stereocenters. The zero-order chi connectivity index (χ0) is 20.3. The fourth-order valence-corrected chi connectivity index (χ4v) is 5.04. The fraction of sp³-hybridized carbons (Fsp3) is 0.320. The first-order valence-corrected chi connectivity index (χ1v) is 10.8. The molecule has 2 atom stereocenters. The third-order valence-corrected chi connectivity index (χ3v) is 6.40. The SMILES string of the molecule is O=C(Nc1ccccc1-c1ccccc1)NC1CC2CCC(C1)N2Cc1ccco1. The van der Waals surface area contributed by atoms with Crippen LogP contribution in [0.15, 0.2) is 77.4 Å². The largest absolute Gasteiger partial charge is 0.468 e. The second-order valence-electron chi connectivity index (χ2n) is 8.32. The molecule has 2 aromatic carbocycles. The van der Waals surface area contributed by atoms with Gasteiger partial charge >= 0.3 is 6.03 Å². The van der Waals surface area contributed by atoms with Crippen molar-refractivity contribution in [2.24, 2.45) is 0 Å². The summed E-state index contributed by atoms with van der Waals surface area (Å²) >= 11 is 0. The average molecular weight is 402 g/mol. The molecule has 3 aromatic rings. The van der Waals surface area contributed by atoms with Gasteiger partial charge in [0.15, 0.2) is 0 Å². The summed E-state index contributed by atoms with van der Waals surface area (Å²) in [6, 6.07) is 23.2. The van der Waals surface area contributed by atoms with E-state index in [0.29, 0.717) is 12.1 Å². The van der Waals surface area contributed by atoms with Gasteiger partial charge in [0.05, 0.1) is 18.5 Å². The van der Waals surface area contributed by atoms with Crippen LogP contribution >= 0.6 is 0 Å². The van der Waals surface area contributed by atoms with Gasteiger partial charge in [0, 0.05) is 23.7 Å². The number of rotatable bonds is 5. The van der Waals surface area contributed by atoms with Crippen LogP contribution in [0.1, 0.15) is 31.4 Å². The van der Waals surface area contributed by atoms with E-state index >= 15 is 0 Å². The van der Waals surface area contributed by atoms with E-state index in [1.165, 1.54) is 12.8 Å². The lowest BCUT2D eigenvalue weighted by atomic mass is 9.97. The van der Waals surface area contributed by atoms with Crippen LogP contribution in [0.2, 0.25) is 0 Å². The molecule has 5 nitrogen and oxygen atoms in total. The quantitative estimate of drug-likeness (QED) is 0.613. The Kier molecular flexibility index (Phi) is 5.28. The average Bonchev–Trinajstić information content (AvgIpc) is 3.35. The lowest BCUT2D eigenvalue weighted by molar-refractivity contribution is 0.104. The summed E-state index contributed by atoms with van der Waals surface area (Å²) in [5, 5.41) is 6.30. The molecule has 154 valence electrons. The van der Waals surface area contributed by atoms with Crippen LogP contribution in [-0.2, 0) is 6.54 Å². The molecule has 30 heavy (non-hydrogen) atoms. The van der Waals surface area contributed by atoms with Gasteiger partial charge in [-0.1, -0.05) is 48.5 Å². The lowest BCUT2D eigenvalue weighted by Gasteiger charge is -2.38. The molecule has 0 radical (unpaired) electrons. The van der Waals surface area contributed by atoms with Crippen molar-refractivity contribution in [2.75, 3.05) is 5.32 Å². The molecule has 3 heterocycles. The number of carbonyl (C=O) groups excluding carboxylic acids is 1. The second kappa shape index (κ2) is 8.36. The Bertz CT molecular complexity index is 973. The molecular weight excluding hydrogens is 374 g/mol. The topological polar surface area (TPSA) is 57.5 Å². The number of hydrogen-bond donors (Lipinski definition) is 2. The number of nitrogens with zero attached hydrogens (tertiary/aromatic N) is 1. The third-order valence-electron chi connectivity index (χ3n) is 6.40. The molecule has 2 bridgehead atoms. The van der Waals surface area contributed by atoms with Crippen LogP contribution in [-0.4, -0.2) is 29.1 Å². The number of hydrogen-bond acceptors (Lipinski definition) is 3. The van der Waals surface area contributed by atoms with Crippen molar-refractivity contribution in [3.05, 3.63) is 78.8 Å². The zero-order valence-corrected chi connectivity index (χ0v) is 17.0. The van der Waals surface area contributed by atoms with Gasteiger partial charge in [-0.3, -0.25) is 4.90 Å². The maximum atomic E-state index is 12.8. The van der Waals surface area contributed by atoms with E-state index in [0.717, 1.165) is 42.0 Å². The molecular formula is C25H27N3O2. The molecule has 2 amide bonds. The first-order valence-electron chi connectivity index (χ1n) is 10.8. The van der Waals surface area contributed by atoms with E-state index in [2.05, 4.69) is 27.7 Å². The summed E-state index contributed by atoms with van der Waals surface area (Å²) in [7, 11) is 0. The number of urea groups is 1. The van der Waals surface area contributed by atoms with Crippen LogP contribution < -0.4 is 10.6 Å². The van der Waals surface area contributed by atoms with E-state index in [1.54, 1.807) is 6.26 Å². The Morgan fingerprint density at radius 1 is 0.933 bits per heavy atom. The first-order chi connectivity index (χ1) is 14.8. The van der Waals surface area contributed by atoms with Crippen molar-refractivity contribution >= 4 is 11.7 Å². The fourth-order valence-electron chi connectivity index (χ4n) is 5.04. The summed E-state index contributed by atoms with van der Waals surface area (Å²) in [5.74, 6) is 1.02.